The smallest absolute Gasteiger partial charge is 0.224 e. The monoisotopic (exact) mass is 260 g/mol. The third kappa shape index (κ3) is 4.49. The summed E-state index contributed by atoms with van der Waals surface area (Å²) in [5, 5.41) is 11.9. The average molecular weight is 260 g/mol. The largest absolute Gasteiger partial charge is 0.376 e. The first kappa shape index (κ1) is 13.8. The molecule has 0 aromatic carbocycles. The van der Waals surface area contributed by atoms with Gasteiger partial charge in [-0.1, -0.05) is 19.3 Å². The van der Waals surface area contributed by atoms with Crippen molar-refractivity contribution in [2.75, 3.05) is 18.5 Å². The minimum absolute atomic E-state index is 0.392. The lowest BCUT2D eigenvalue weighted by atomic mass is 9.98. The van der Waals surface area contributed by atoms with E-state index in [1.54, 1.807) is 6.07 Å². The lowest BCUT2D eigenvalue weighted by Crippen LogP contribution is -2.21. The molecule has 1 heterocycles. The summed E-state index contributed by atoms with van der Waals surface area (Å²) in [4.78, 5) is 8.33. The molecule has 1 N–H and O–H groups in total. The quantitative estimate of drug-likeness (QED) is 0.823. The van der Waals surface area contributed by atoms with Gasteiger partial charge in [-0.15, -0.1) is 0 Å². The zero-order valence-electron chi connectivity index (χ0n) is 11.4. The van der Waals surface area contributed by atoms with Gasteiger partial charge in [-0.3, -0.25) is 0 Å². The molecule has 102 valence electrons. The summed E-state index contributed by atoms with van der Waals surface area (Å²) in [6.45, 7) is 3.18. The van der Waals surface area contributed by atoms with Gasteiger partial charge >= 0.3 is 0 Å². The van der Waals surface area contributed by atoms with Gasteiger partial charge in [0.1, 0.15) is 11.8 Å². The van der Waals surface area contributed by atoms with Crippen molar-refractivity contribution in [3.8, 4) is 6.07 Å². The van der Waals surface area contributed by atoms with Crippen LogP contribution in [0.1, 0.15) is 43.5 Å². The molecule has 1 aliphatic rings. The summed E-state index contributed by atoms with van der Waals surface area (Å²) < 4.78 is 5.81. The van der Waals surface area contributed by atoms with Gasteiger partial charge in [-0.05, 0) is 25.8 Å². The van der Waals surface area contributed by atoms with Crippen LogP contribution in [0, 0.1) is 18.3 Å². The van der Waals surface area contributed by atoms with Gasteiger partial charge in [0.15, 0.2) is 0 Å². The van der Waals surface area contributed by atoms with Crippen molar-refractivity contribution in [1.29, 1.82) is 5.26 Å². The lowest BCUT2D eigenvalue weighted by Gasteiger charge is -2.21. The van der Waals surface area contributed by atoms with E-state index < -0.39 is 0 Å². The number of nitrogens with one attached hydrogen (secondary N) is 1. The van der Waals surface area contributed by atoms with Crippen LogP contribution in [0.5, 0.6) is 0 Å². The average Bonchev–Trinajstić information content (AvgIpc) is 2.44. The van der Waals surface area contributed by atoms with E-state index >= 15 is 0 Å². The molecule has 0 amide bonds. The summed E-state index contributed by atoms with van der Waals surface area (Å²) in [7, 11) is 0. The van der Waals surface area contributed by atoms with Crippen LogP contribution in [-0.2, 0) is 4.74 Å². The maximum Gasteiger partial charge on any atom is 0.224 e. The molecule has 0 aliphatic heterocycles. The fourth-order valence-electron chi connectivity index (χ4n) is 2.33. The summed E-state index contributed by atoms with van der Waals surface area (Å²) in [5.41, 5.74) is 1.19. The molecule has 0 spiro atoms. The van der Waals surface area contributed by atoms with Gasteiger partial charge in [0.2, 0.25) is 5.95 Å². The molecule has 0 saturated heterocycles. The number of aromatic nitrogens is 2. The van der Waals surface area contributed by atoms with Crippen molar-refractivity contribution >= 4 is 5.95 Å². The molecule has 19 heavy (non-hydrogen) atoms. The number of rotatable bonds is 5. The minimum atomic E-state index is 0.392. The van der Waals surface area contributed by atoms with Crippen molar-refractivity contribution in [1.82, 2.24) is 9.97 Å². The van der Waals surface area contributed by atoms with Crippen molar-refractivity contribution in [2.24, 2.45) is 0 Å². The highest BCUT2D eigenvalue weighted by Crippen LogP contribution is 2.19. The maximum absolute atomic E-state index is 8.84. The molecule has 0 atom stereocenters. The predicted octanol–water partition coefficient (Wildman–Crippen LogP) is 2.42. The Morgan fingerprint density at radius 3 is 2.89 bits per heavy atom. The number of nitriles is 1. The van der Waals surface area contributed by atoms with Crippen molar-refractivity contribution in [3.05, 3.63) is 17.5 Å². The number of hydrogen-bond acceptors (Lipinski definition) is 5. The van der Waals surface area contributed by atoms with Crippen molar-refractivity contribution in [2.45, 2.75) is 45.1 Å². The zero-order valence-corrected chi connectivity index (χ0v) is 11.4. The van der Waals surface area contributed by atoms with Gasteiger partial charge < -0.3 is 10.1 Å². The van der Waals surface area contributed by atoms with Crippen LogP contribution in [0.3, 0.4) is 0 Å². The Balaban J connectivity index is 1.73. The van der Waals surface area contributed by atoms with E-state index in [1.165, 1.54) is 32.1 Å². The predicted molar refractivity (Wildman–Crippen MR) is 72.8 cm³/mol. The van der Waals surface area contributed by atoms with Crippen LogP contribution in [0.15, 0.2) is 6.07 Å². The Morgan fingerprint density at radius 2 is 2.16 bits per heavy atom. The van der Waals surface area contributed by atoms with Crippen molar-refractivity contribution < 1.29 is 4.74 Å². The van der Waals surface area contributed by atoms with Crippen molar-refractivity contribution in [3.63, 3.8) is 0 Å². The standard InChI is InChI=1S/C14H20N4O/c1-11-9-12(10-15)18-14(17-11)16-7-8-19-13-5-3-2-4-6-13/h9,13H,2-8H2,1H3,(H,16,17,18). The van der Waals surface area contributed by atoms with Gasteiger partial charge in [0.05, 0.1) is 12.7 Å². The molecule has 1 saturated carbocycles. The van der Waals surface area contributed by atoms with E-state index in [-0.39, 0.29) is 0 Å². The van der Waals surface area contributed by atoms with Gasteiger partial charge in [0, 0.05) is 12.2 Å². The van der Waals surface area contributed by atoms with Crippen LogP contribution in [0.4, 0.5) is 5.95 Å². The third-order valence-corrected chi connectivity index (χ3v) is 3.26. The van der Waals surface area contributed by atoms with Crippen LogP contribution >= 0.6 is 0 Å². The number of ether oxygens (including phenoxy) is 1. The molecule has 5 nitrogen and oxygen atoms in total. The maximum atomic E-state index is 8.84. The first-order chi connectivity index (χ1) is 9.28. The van der Waals surface area contributed by atoms with E-state index in [0.717, 1.165) is 5.69 Å². The second-order valence-corrected chi connectivity index (χ2v) is 4.89. The minimum Gasteiger partial charge on any atom is -0.376 e. The summed E-state index contributed by atoms with van der Waals surface area (Å²) >= 11 is 0. The Kier molecular flexibility index (Phi) is 5.10. The Bertz CT molecular complexity index is 449. The van der Waals surface area contributed by atoms with Gasteiger partial charge in [-0.2, -0.15) is 5.26 Å². The fraction of sp³-hybridized carbons (Fsp3) is 0.643. The second kappa shape index (κ2) is 7.05. The number of hydrogen-bond donors (Lipinski definition) is 1. The molecular formula is C14H20N4O. The van der Waals surface area contributed by atoms with Crippen LogP contribution in [-0.4, -0.2) is 29.2 Å². The van der Waals surface area contributed by atoms with E-state index in [9.17, 15) is 0 Å². The lowest BCUT2D eigenvalue weighted by molar-refractivity contribution is 0.0347. The van der Waals surface area contributed by atoms with Crippen LogP contribution in [0.2, 0.25) is 0 Å². The highest BCUT2D eigenvalue weighted by molar-refractivity contribution is 5.32. The molecule has 1 fully saturated rings. The number of anilines is 1. The topological polar surface area (TPSA) is 70.8 Å². The SMILES string of the molecule is Cc1cc(C#N)nc(NCCOC2CCCCC2)n1. The number of nitrogens with zero attached hydrogens (tertiary/aromatic N) is 3. The first-order valence-corrected chi connectivity index (χ1v) is 6.89. The van der Waals surface area contributed by atoms with Crippen LogP contribution < -0.4 is 5.32 Å². The highest BCUT2D eigenvalue weighted by atomic mass is 16.5. The molecule has 0 unspecified atom stereocenters. The molecule has 0 radical (unpaired) electrons. The number of aryl methyl sites for hydroxylation is 1. The molecular weight excluding hydrogens is 240 g/mol. The first-order valence-electron chi connectivity index (χ1n) is 6.89. The molecule has 1 aliphatic carbocycles. The molecule has 5 heteroatoms. The van der Waals surface area contributed by atoms with E-state index in [1.807, 2.05) is 13.0 Å². The Labute approximate surface area is 114 Å². The van der Waals surface area contributed by atoms with Gasteiger partial charge in [-0.25, -0.2) is 9.97 Å². The normalized spacial score (nSPS) is 16.0. The van der Waals surface area contributed by atoms with E-state index in [4.69, 9.17) is 10.00 Å². The van der Waals surface area contributed by atoms with E-state index in [2.05, 4.69) is 15.3 Å². The Hall–Kier alpha value is -1.67. The molecule has 0 bridgehead atoms. The zero-order chi connectivity index (χ0) is 13.5. The molecule has 1 aromatic heterocycles. The Morgan fingerprint density at radius 1 is 1.37 bits per heavy atom. The highest BCUT2D eigenvalue weighted by Gasteiger charge is 2.13. The molecule has 1 aromatic rings. The summed E-state index contributed by atoms with van der Waals surface area (Å²) in [6, 6.07) is 3.70. The summed E-state index contributed by atoms with van der Waals surface area (Å²) in [6.07, 6.45) is 6.68. The van der Waals surface area contributed by atoms with E-state index in [0.29, 0.717) is 30.9 Å². The summed E-state index contributed by atoms with van der Waals surface area (Å²) in [5.74, 6) is 0.504. The molecule has 2 rings (SSSR count). The fourth-order valence-corrected chi connectivity index (χ4v) is 2.33. The second-order valence-electron chi connectivity index (χ2n) is 4.89. The van der Waals surface area contributed by atoms with Crippen LogP contribution in [0.25, 0.3) is 0 Å². The van der Waals surface area contributed by atoms with Gasteiger partial charge in [0.25, 0.3) is 0 Å². The third-order valence-electron chi connectivity index (χ3n) is 3.26.